The molecule has 0 spiro atoms. The molecule has 0 aliphatic heterocycles. The Balaban J connectivity index is 1.60. The number of carbonyl (C=O) groups is 2. The van der Waals surface area contributed by atoms with Gasteiger partial charge in [0.25, 0.3) is 5.91 Å². The molecule has 0 radical (unpaired) electrons. The number of rotatable bonds is 5. The van der Waals surface area contributed by atoms with Gasteiger partial charge in [-0.3, -0.25) is 9.59 Å². The average molecular weight is 386 g/mol. The Hall–Kier alpha value is -2.21. The van der Waals surface area contributed by atoms with Gasteiger partial charge in [0, 0.05) is 28.9 Å². The minimum absolute atomic E-state index is 0.0231. The maximum absolute atomic E-state index is 12.6. The van der Waals surface area contributed by atoms with Gasteiger partial charge in [0.1, 0.15) is 10.7 Å². The van der Waals surface area contributed by atoms with Gasteiger partial charge in [0.05, 0.1) is 0 Å². The molecule has 144 valence electrons. The van der Waals surface area contributed by atoms with Crippen molar-refractivity contribution >= 4 is 23.2 Å². The number of aryl methyl sites for hydroxylation is 1. The number of nitrogens with one attached hydrogen (secondary N) is 2. The molecule has 0 saturated heterocycles. The average Bonchev–Trinajstić information content (AvgIpc) is 3.12. The van der Waals surface area contributed by atoms with E-state index in [0.717, 1.165) is 29.8 Å². The number of benzene rings is 1. The van der Waals surface area contributed by atoms with Crippen LogP contribution in [0.5, 0.6) is 0 Å². The Morgan fingerprint density at radius 3 is 2.63 bits per heavy atom. The van der Waals surface area contributed by atoms with Crippen LogP contribution in [0.3, 0.4) is 0 Å². The fourth-order valence-electron chi connectivity index (χ4n) is 3.43. The number of hydrogen-bond donors (Lipinski definition) is 2. The fraction of sp³-hybridized carbons (Fsp3) is 0.476. The van der Waals surface area contributed by atoms with Crippen LogP contribution in [0.1, 0.15) is 55.6 Å². The van der Waals surface area contributed by atoms with E-state index in [1.54, 1.807) is 5.38 Å². The maximum atomic E-state index is 12.6. The van der Waals surface area contributed by atoms with Crippen molar-refractivity contribution in [1.29, 1.82) is 0 Å². The zero-order chi connectivity index (χ0) is 19.4. The highest BCUT2D eigenvalue weighted by atomic mass is 32.1. The van der Waals surface area contributed by atoms with E-state index in [1.165, 1.54) is 16.9 Å². The van der Waals surface area contributed by atoms with Crippen molar-refractivity contribution in [1.82, 2.24) is 15.6 Å². The standard InChI is InChI=1S/C21H27N3O2S/c1-13(2)22-19(25)16-5-4-6-17(11-16)23-20(26)18-12-27-21(24-18)15-9-7-14(3)8-10-15/h7-10,12-13,16-17H,4-6,11H2,1-3H3,(H,22,25)(H,23,26). The predicted octanol–water partition coefficient (Wildman–Crippen LogP) is 3.93. The van der Waals surface area contributed by atoms with Gasteiger partial charge in [-0.2, -0.15) is 0 Å². The summed E-state index contributed by atoms with van der Waals surface area (Å²) in [6.07, 6.45) is 3.44. The number of thiazole rings is 1. The summed E-state index contributed by atoms with van der Waals surface area (Å²) in [6, 6.07) is 8.30. The molecule has 2 atom stereocenters. The largest absolute Gasteiger partial charge is 0.354 e. The fourth-order valence-corrected chi connectivity index (χ4v) is 4.23. The van der Waals surface area contributed by atoms with Crippen LogP contribution in [0.15, 0.2) is 29.6 Å². The monoisotopic (exact) mass is 385 g/mol. The second-order valence-electron chi connectivity index (χ2n) is 7.60. The van der Waals surface area contributed by atoms with Gasteiger partial charge in [-0.05, 0) is 40.0 Å². The lowest BCUT2D eigenvalue weighted by Gasteiger charge is -2.29. The molecule has 2 N–H and O–H groups in total. The van der Waals surface area contributed by atoms with Gasteiger partial charge in [-0.1, -0.05) is 36.2 Å². The van der Waals surface area contributed by atoms with E-state index >= 15 is 0 Å². The van der Waals surface area contributed by atoms with Crippen molar-refractivity contribution in [2.24, 2.45) is 5.92 Å². The number of nitrogens with zero attached hydrogens (tertiary/aromatic N) is 1. The molecule has 3 rings (SSSR count). The van der Waals surface area contributed by atoms with Crippen LogP contribution < -0.4 is 10.6 Å². The maximum Gasteiger partial charge on any atom is 0.270 e. The Kier molecular flexibility index (Phi) is 6.26. The molecular formula is C21H27N3O2S. The third kappa shape index (κ3) is 5.16. The van der Waals surface area contributed by atoms with Crippen molar-refractivity contribution in [3.63, 3.8) is 0 Å². The minimum Gasteiger partial charge on any atom is -0.354 e. The molecule has 1 aliphatic carbocycles. The highest BCUT2D eigenvalue weighted by molar-refractivity contribution is 7.13. The predicted molar refractivity (Wildman–Crippen MR) is 109 cm³/mol. The Morgan fingerprint density at radius 2 is 1.93 bits per heavy atom. The van der Waals surface area contributed by atoms with E-state index in [-0.39, 0.29) is 29.8 Å². The van der Waals surface area contributed by atoms with Crippen molar-refractivity contribution in [3.05, 3.63) is 40.9 Å². The smallest absolute Gasteiger partial charge is 0.270 e. The Morgan fingerprint density at radius 1 is 1.19 bits per heavy atom. The van der Waals surface area contributed by atoms with E-state index in [0.29, 0.717) is 12.1 Å². The minimum atomic E-state index is -0.153. The molecule has 1 fully saturated rings. The molecule has 1 aromatic carbocycles. The van der Waals surface area contributed by atoms with E-state index in [1.807, 2.05) is 45.0 Å². The molecule has 6 heteroatoms. The quantitative estimate of drug-likeness (QED) is 0.819. The van der Waals surface area contributed by atoms with Crippen LogP contribution in [0.2, 0.25) is 0 Å². The van der Waals surface area contributed by atoms with Gasteiger partial charge < -0.3 is 10.6 Å². The molecular weight excluding hydrogens is 358 g/mol. The first-order chi connectivity index (χ1) is 12.9. The van der Waals surface area contributed by atoms with Crippen LogP contribution >= 0.6 is 11.3 Å². The van der Waals surface area contributed by atoms with Gasteiger partial charge in [-0.15, -0.1) is 11.3 Å². The van der Waals surface area contributed by atoms with Gasteiger partial charge in [0.15, 0.2) is 0 Å². The molecule has 5 nitrogen and oxygen atoms in total. The van der Waals surface area contributed by atoms with Crippen molar-refractivity contribution in [2.75, 3.05) is 0 Å². The van der Waals surface area contributed by atoms with Crippen molar-refractivity contribution in [2.45, 2.75) is 58.5 Å². The second kappa shape index (κ2) is 8.65. The lowest BCUT2D eigenvalue weighted by atomic mass is 9.85. The first-order valence-electron chi connectivity index (χ1n) is 9.56. The third-order valence-corrected chi connectivity index (χ3v) is 5.74. The molecule has 2 unspecified atom stereocenters. The van der Waals surface area contributed by atoms with E-state index in [4.69, 9.17) is 0 Å². The van der Waals surface area contributed by atoms with E-state index in [2.05, 4.69) is 15.6 Å². The summed E-state index contributed by atoms with van der Waals surface area (Å²) in [5.41, 5.74) is 2.67. The molecule has 0 bridgehead atoms. The SMILES string of the molecule is Cc1ccc(-c2nc(C(=O)NC3CCCC(C(=O)NC(C)C)C3)cs2)cc1. The lowest BCUT2D eigenvalue weighted by molar-refractivity contribution is -0.126. The molecule has 1 aromatic heterocycles. The lowest BCUT2D eigenvalue weighted by Crippen LogP contribution is -2.43. The molecule has 1 aliphatic rings. The van der Waals surface area contributed by atoms with Gasteiger partial charge in [0.2, 0.25) is 5.91 Å². The third-order valence-electron chi connectivity index (χ3n) is 4.85. The van der Waals surface area contributed by atoms with Gasteiger partial charge in [-0.25, -0.2) is 4.98 Å². The summed E-state index contributed by atoms with van der Waals surface area (Å²) in [5.74, 6) is -0.0798. The van der Waals surface area contributed by atoms with Crippen molar-refractivity contribution in [3.8, 4) is 10.6 Å². The Labute approximate surface area is 164 Å². The Bertz CT molecular complexity index is 798. The summed E-state index contributed by atoms with van der Waals surface area (Å²) < 4.78 is 0. The highest BCUT2D eigenvalue weighted by Crippen LogP contribution is 2.26. The van der Waals surface area contributed by atoms with E-state index in [9.17, 15) is 9.59 Å². The number of amides is 2. The normalized spacial score (nSPS) is 19.7. The number of carbonyl (C=O) groups excluding carboxylic acids is 2. The molecule has 1 saturated carbocycles. The topological polar surface area (TPSA) is 71.1 Å². The summed E-state index contributed by atoms with van der Waals surface area (Å²) in [5, 5.41) is 8.70. The molecule has 2 aromatic rings. The summed E-state index contributed by atoms with van der Waals surface area (Å²) in [6.45, 7) is 5.98. The van der Waals surface area contributed by atoms with Crippen molar-refractivity contribution < 1.29 is 9.59 Å². The second-order valence-corrected chi connectivity index (χ2v) is 8.46. The van der Waals surface area contributed by atoms with Crippen LogP contribution in [-0.4, -0.2) is 28.9 Å². The zero-order valence-corrected chi connectivity index (χ0v) is 16.9. The van der Waals surface area contributed by atoms with E-state index < -0.39 is 0 Å². The number of hydrogen-bond acceptors (Lipinski definition) is 4. The first-order valence-corrected chi connectivity index (χ1v) is 10.4. The summed E-state index contributed by atoms with van der Waals surface area (Å²) >= 11 is 1.48. The first kappa shape index (κ1) is 19.5. The molecule has 27 heavy (non-hydrogen) atoms. The van der Waals surface area contributed by atoms with Crippen LogP contribution in [-0.2, 0) is 4.79 Å². The highest BCUT2D eigenvalue weighted by Gasteiger charge is 2.29. The summed E-state index contributed by atoms with van der Waals surface area (Å²) in [7, 11) is 0. The molecule has 2 amide bonds. The number of aromatic nitrogens is 1. The van der Waals surface area contributed by atoms with Crippen LogP contribution in [0, 0.1) is 12.8 Å². The summed E-state index contributed by atoms with van der Waals surface area (Å²) in [4.78, 5) is 29.4. The van der Waals surface area contributed by atoms with Crippen LogP contribution in [0.4, 0.5) is 0 Å². The van der Waals surface area contributed by atoms with Crippen LogP contribution in [0.25, 0.3) is 10.6 Å². The van der Waals surface area contributed by atoms with Gasteiger partial charge >= 0.3 is 0 Å². The zero-order valence-electron chi connectivity index (χ0n) is 16.1. The molecule has 1 heterocycles.